The van der Waals surface area contributed by atoms with Gasteiger partial charge in [0.1, 0.15) is 0 Å². The molecule has 1 nitrogen and oxygen atoms in total. The molecule has 0 bridgehead atoms. The molecule has 86 valence electrons. The molecule has 1 heteroatoms. The Morgan fingerprint density at radius 1 is 1.00 bits per heavy atom. The topological polar surface area (TPSA) is 3.24 Å². The fourth-order valence-electron chi connectivity index (χ4n) is 3.66. The second kappa shape index (κ2) is 4.21. The number of hydrogen-bond donors (Lipinski definition) is 0. The summed E-state index contributed by atoms with van der Waals surface area (Å²) in [7, 11) is 0. The van der Waals surface area contributed by atoms with Crippen molar-refractivity contribution >= 4 is 0 Å². The van der Waals surface area contributed by atoms with E-state index in [1.54, 1.807) is 0 Å². The SMILES string of the molecule is c1ccc(CCC23CCCN2CCC3)cc1. The molecule has 2 fully saturated rings. The van der Waals surface area contributed by atoms with Crippen LogP contribution in [0.2, 0.25) is 0 Å². The number of rotatable bonds is 3. The van der Waals surface area contributed by atoms with E-state index in [9.17, 15) is 0 Å². The summed E-state index contributed by atoms with van der Waals surface area (Å²) in [6, 6.07) is 11.0. The number of aryl methyl sites for hydroxylation is 1. The van der Waals surface area contributed by atoms with Crippen LogP contribution < -0.4 is 0 Å². The van der Waals surface area contributed by atoms with Gasteiger partial charge in [-0.05, 0) is 57.2 Å². The van der Waals surface area contributed by atoms with Crippen LogP contribution in [0.1, 0.15) is 37.7 Å². The van der Waals surface area contributed by atoms with Crippen molar-refractivity contribution in [3.05, 3.63) is 35.9 Å². The Morgan fingerprint density at radius 3 is 2.38 bits per heavy atom. The van der Waals surface area contributed by atoms with E-state index in [2.05, 4.69) is 35.2 Å². The Balaban J connectivity index is 1.66. The summed E-state index contributed by atoms with van der Waals surface area (Å²) in [4.78, 5) is 2.76. The smallest absolute Gasteiger partial charge is 0.0213 e. The van der Waals surface area contributed by atoms with Gasteiger partial charge >= 0.3 is 0 Å². The largest absolute Gasteiger partial charge is 0.298 e. The first kappa shape index (κ1) is 10.3. The lowest BCUT2D eigenvalue weighted by Crippen LogP contribution is -2.38. The summed E-state index contributed by atoms with van der Waals surface area (Å²) < 4.78 is 0. The molecule has 0 radical (unpaired) electrons. The quantitative estimate of drug-likeness (QED) is 0.748. The van der Waals surface area contributed by atoms with Gasteiger partial charge in [-0.3, -0.25) is 4.90 Å². The molecule has 0 amide bonds. The van der Waals surface area contributed by atoms with Crippen LogP contribution in [0.15, 0.2) is 30.3 Å². The van der Waals surface area contributed by atoms with E-state index in [-0.39, 0.29) is 0 Å². The lowest BCUT2D eigenvalue weighted by atomic mass is 9.87. The van der Waals surface area contributed by atoms with Gasteiger partial charge in [-0.15, -0.1) is 0 Å². The van der Waals surface area contributed by atoms with E-state index in [0.717, 1.165) is 0 Å². The Labute approximate surface area is 98.5 Å². The molecule has 0 N–H and O–H groups in total. The van der Waals surface area contributed by atoms with Crippen LogP contribution >= 0.6 is 0 Å². The van der Waals surface area contributed by atoms with E-state index in [4.69, 9.17) is 0 Å². The monoisotopic (exact) mass is 215 g/mol. The van der Waals surface area contributed by atoms with E-state index in [0.29, 0.717) is 5.54 Å². The Bertz CT molecular complexity index is 334. The molecule has 0 saturated carbocycles. The first-order chi connectivity index (χ1) is 7.89. The normalized spacial score (nSPS) is 23.5. The molecule has 1 aromatic rings. The highest BCUT2D eigenvalue weighted by Gasteiger charge is 2.43. The highest BCUT2D eigenvalue weighted by Crippen LogP contribution is 2.41. The number of hydrogen-bond acceptors (Lipinski definition) is 1. The van der Waals surface area contributed by atoms with Crippen LogP contribution in [-0.4, -0.2) is 23.5 Å². The highest BCUT2D eigenvalue weighted by atomic mass is 15.2. The summed E-state index contributed by atoms with van der Waals surface area (Å²) in [5.41, 5.74) is 2.10. The third-order valence-corrected chi connectivity index (χ3v) is 4.53. The van der Waals surface area contributed by atoms with Gasteiger partial charge in [0.2, 0.25) is 0 Å². The zero-order chi connectivity index (χ0) is 10.8. The average Bonchev–Trinajstić information content (AvgIpc) is 2.87. The van der Waals surface area contributed by atoms with Crippen molar-refractivity contribution < 1.29 is 0 Å². The van der Waals surface area contributed by atoms with Crippen LogP contribution in [0.4, 0.5) is 0 Å². The fraction of sp³-hybridized carbons (Fsp3) is 0.600. The molecule has 3 rings (SSSR count). The molecule has 0 aromatic heterocycles. The van der Waals surface area contributed by atoms with Gasteiger partial charge < -0.3 is 0 Å². The Kier molecular flexibility index (Phi) is 2.72. The molecule has 2 aliphatic rings. The maximum atomic E-state index is 2.76. The molecule has 1 aromatic carbocycles. The minimum absolute atomic E-state index is 0.593. The summed E-state index contributed by atoms with van der Waals surface area (Å²) in [5.74, 6) is 0. The van der Waals surface area contributed by atoms with Crippen molar-refractivity contribution in [2.45, 2.75) is 44.1 Å². The van der Waals surface area contributed by atoms with Gasteiger partial charge in [-0.1, -0.05) is 30.3 Å². The van der Waals surface area contributed by atoms with Crippen LogP contribution in [0.3, 0.4) is 0 Å². The first-order valence-corrected chi connectivity index (χ1v) is 6.68. The van der Waals surface area contributed by atoms with Crippen molar-refractivity contribution in [2.24, 2.45) is 0 Å². The maximum Gasteiger partial charge on any atom is 0.0213 e. The predicted molar refractivity (Wildman–Crippen MR) is 67.5 cm³/mol. The van der Waals surface area contributed by atoms with Crippen LogP contribution in [0.5, 0.6) is 0 Å². The van der Waals surface area contributed by atoms with Crippen molar-refractivity contribution in [3.8, 4) is 0 Å². The van der Waals surface area contributed by atoms with Gasteiger partial charge in [0.25, 0.3) is 0 Å². The molecule has 2 saturated heterocycles. The first-order valence-electron chi connectivity index (χ1n) is 6.68. The van der Waals surface area contributed by atoms with E-state index in [1.807, 2.05) is 0 Å². The third-order valence-electron chi connectivity index (χ3n) is 4.53. The van der Waals surface area contributed by atoms with Crippen LogP contribution in [-0.2, 0) is 6.42 Å². The molecule has 0 unspecified atom stereocenters. The lowest BCUT2D eigenvalue weighted by Gasteiger charge is -2.32. The molecule has 0 aliphatic carbocycles. The van der Waals surface area contributed by atoms with Gasteiger partial charge in [0, 0.05) is 5.54 Å². The third kappa shape index (κ3) is 1.78. The molecule has 2 aliphatic heterocycles. The van der Waals surface area contributed by atoms with Crippen molar-refractivity contribution in [1.29, 1.82) is 0 Å². The van der Waals surface area contributed by atoms with E-state index >= 15 is 0 Å². The number of benzene rings is 1. The Morgan fingerprint density at radius 2 is 1.69 bits per heavy atom. The standard InChI is InChI=1S/C15H21N/c1-2-6-14(7-3-1)8-11-15-9-4-12-16(15)13-5-10-15/h1-3,6-7H,4-5,8-13H2. The van der Waals surface area contributed by atoms with Crippen LogP contribution in [0, 0.1) is 0 Å². The Hall–Kier alpha value is -0.820. The van der Waals surface area contributed by atoms with Gasteiger partial charge in [-0.25, -0.2) is 0 Å². The summed E-state index contributed by atoms with van der Waals surface area (Å²) in [5, 5.41) is 0. The fourth-order valence-corrected chi connectivity index (χ4v) is 3.66. The zero-order valence-electron chi connectivity index (χ0n) is 9.99. The number of nitrogens with zero attached hydrogens (tertiary/aromatic N) is 1. The molecule has 2 heterocycles. The van der Waals surface area contributed by atoms with E-state index in [1.165, 1.54) is 57.2 Å². The molecular weight excluding hydrogens is 194 g/mol. The minimum atomic E-state index is 0.593. The molecule has 16 heavy (non-hydrogen) atoms. The predicted octanol–water partition coefficient (Wildman–Crippen LogP) is 3.25. The average molecular weight is 215 g/mol. The number of fused-ring (bicyclic) bond motifs is 1. The second-order valence-electron chi connectivity index (χ2n) is 5.40. The lowest BCUT2D eigenvalue weighted by molar-refractivity contribution is 0.182. The van der Waals surface area contributed by atoms with Gasteiger partial charge in [0.05, 0.1) is 0 Å². The summed E-state index contributed by atoms with van der Waals surface area (Å²) in [6.45, 7) is 2.71. The zero-order valence-corrected chi connectivity index (χ0v) is 9.99. The van der Waals surface area contributed by atoms with Gasteiger partial charge in [-0.2, -0.15) is 0 Å². The summed E-state index contributed by atoms with van der Waals surface area (Å²) in [6.07, 6.45) is 8.37. The molecule has 0 spiro atoms. The summed E-state index contributed by atoms with van der Waals surface area (Å²) >= 11 is 0. The van der Waals surface area contributed by atoms with Crippen molar-refractivity contribution in [3.63, 3.8) is 0 Å². The molecule has 0 atom stereocenters. The maximum absolute atomic E-state index is 2.76. The van der Waals surface area contributed by atoms with Crippen molar-refractivity contribution in [2.75, 3.05) is 13.1 Å². The van der Waals surface area contributed by atoms with Crippen LogP contribution in [0.25, 0.3) is 0 Å². The van der Waals surface area contributed by atoms with E-state index < -0.39 is 0 Å². The highest BCUT2D eigenvalue weighted by molar-refractivity contribution is 5.16. The second-order valence-corrected chi connectivity index (χ2v) is 5.40. The van der Waals surface area contributed by atoms with Gasteiger partial charge in [0.15, 0.2) is 0 Å². The molecular formula is C15H21N. The minimum Gasteiger partial charge on any atom is -0.298 e. The van der Waals surface area contributed by atoms with Crippen molar-refractivity contribution in [1.82, 2.24) is 4.90 Å².